The van der Waals surface area contributed by atoms with Crippen molar-refractivity contribution in [3.63, 3.8) is 0 Å². The molecule has 1 aliphatic rings. The first-order chi connectivity index (χ1) is 12.0. The molecule has 1 unspecified atom stereocenters. The highest BCUT2D eigenvalue weighted by Crippen LogP contribution is 2.37. The van der Waals surface area contributed by atoms with Crippen molar-refractivity contribution in [2.24, 2.45) is 0 Å². The highest BCUT2D eigenvalue weighted by atomic mass is 35.5. The molecule has 7 heteroatoms. The summed E-state index contributed by atoms with van der Waals surface area (Å²) in [6, 6.07) is 12.9. The number of hydrogen-bond donors (Lipinski definition) is 2. The fourth-order valence-electron chi connectivity index (χ4n) is 2.67. The van der Waals surface area contributed by atoms with Gasteiger partial charge in [0.1, 0.15) is 0 Å². The lowest BCUT2D eigenvalue weighted by molar-refractivity contribution is -0.120. The largest absolute Gasteiger partial charge is 0.375 e. The van der Waals surface area contributed by atoms with Crippen LogP contribution in [0.2, 0.25) is 5.02 Å². The van der Waals surface area contributed by atoms with Crippen LogP contribution in [-0.4, -0.2) is 31.2 Å². The molecular weight excluding hydrogens is 358 g/mol. The molecule has 5 nitrogen and oxygen atoms in total. The van der Waals surface area contributed by atoms with E-state index in [1.807, 2.05) is 43.3 Å². The predicted molar refractivity (Wildman–Crippen MR) is 104 cm³/mol. The van der Waals surface area contributed by atoms with Crippen molar-refractivity contribution in [3.05, 3.63) is 47.5 Å². The van der Waals surface area contributed by atoms with Gasteiger partial charge in [0.15, 0.2) is 0 Å². The summed E-state index contributed by atoms with van der Waals surface area (Å²) < 4.78 is 0. The molecule has 3 rings (SSSR count). The molecule has 130 valence electrons. The third kappa shape index (κ3) is 3.91. The molecule has 1 heterocycles. The minimum atomic E-state index is -0.461. The molecule has 0 radical (unpaired) electrons. The summed E-state index contributed by atoms with van der Waals surface area (Å²) in [5, 5.41) is 5.81. The summed E-state index contributed by atoms with van der Waals surface area (Å²) in [6.07, 6.45) is 0.0875. The number of rotatable bonds is 4. The summed E-state index contributed by atoms with van der Waals surface area (Å²) in [4.78, 5) is 27.5. The van der Waals surface area contributed by atoms with Crippen molar-refractivity contribution in [2.45, 2.75) is 16.6 Å². The van der Waals surface area contributed by atoms with Crippen molar-refractivity contribution in [2.75, 3.05) is 29.6 Å². The number of carbonyl (C=O) groups excluding carboxylic acids is 2. The number of para-hydroxylation sites is 2. The number of anilines is 3. The number of amides is 2. The van der Waals surface area contributed by atoms with Gasteiger partial charge in [-0.05, 0) is 24.3 Å². The van der Waals surface area contributed by atoms with Crippen molar-refractivity contribution < 1.29 is 9.59 Å². The van der Waals surface area contributed by atoms with Crippen LogP contribution in [-0.2, 0) is 9.59 Å². The van der Waals surface area contributed by atoms with Gasteiger partial charge < -0.3 is 15.5 Å². The average molecular weight is 376 g/mol. The van der Waals surface area contributed by atoms with Crippen molar-refractivity contribution >= 4 is 52.2 Å². The average Bonchev–Trinajstić information content (AvgIpc) is 2.55. The Bertz CT molecular complexity index is 826. The first kappa shape index (κ1) is 17.6. The van der Waals surface area contributed by atoms with E-state index < -0.39 is 5.25 Å². The zero-order valence-corrected chi connectivity index (χ0v) is 15.4. The molecule has 2 aromatic carbocycles. The molecule has 0 fully saturated rings. The van der Waals surface area contributed by atoms with Gasteiger partial charge in [0.25, 0.3) is 0 Å². The number of halogens is 1. The topological polar surface area (TPSA) is 61.4 Å². The van der Waals surface area contributed by atoms with Gasteiger partial charge in [-0.3, -0.25) is 9.59 Å². The first-order valence-electron chi connectivity index (χ1n) is 7.78. The Kier molecular flexibility index (Phi) is 5.20. The second kappa shape index (κ2) is 7.37. The van der Waals surface area contributed by atoms with Crippen molar-refractivity contribution in [1.82, 2.24) is 0 Å². The fraction of sp³-hybridized carbons (Fsp3) is 0.222. The smallest absolute Gasteiger partial charge is 0.238 e. The van der Waals surface area contributed by atoms with Gasteiger partial charge in [-0.1, -0.05) is 29.8 Å². The van der Waals surface area contributed by atoms with Crippen LogP contribution in [0.5, 0.6) is 0 Å². The maximum Gasteiger partial charge on any atom is 0.238 e. The van der Waals surface area contributed by atoms with E-state index in [4.69, 9.17) is 11.6 Å². The molecule has 0 saturated carbocycles. The minimum absolute atomic E-state index is 0.0875. The van der Waals surface area contributed by atoms with Gasteiger partial charge in [-0.2, -0.15) is 0 Å². The van der Waals surface area contributed by atoms with Crippen LogP contribution in [0.3, 0.4) is 0 Å². The Morgan fingerprint density at radius 3 is 2.76 bits per heavy atom. The van der Waals surface area contributed by atoms with E-state index >= 15 is 0 Å². The van der Waals surface area contributed by atoms with E-state index in [0.29, 0.717) is 10.7 Å². The van der Waals surface area contributed by atoms with E-state index in [1.165, 1.54) is 11.8 Å². The van der Waals surface area contributed by atoms with Crippen LogP contribution in [0.25, 0.3) is 0 Å². The Hall–Kier alpha value is -2.18. The standard InChI is InChI=1S/C18H18ClN3O2S/c1-22(2)17-11(19)6-5-8-13(17)20-16(23)10-15-18(24)21-12-7-3-4-9-14(12)25-15/h3-9,15H,10H2,1-2H3,(H,20,23)(H,21,24). The van der Waals surface area contributed by atoms with Gasteiger partial charge in [-0.15, -0.1) is 11.8 Å². The Morgan fingerprint density at radius 1 is 1.24 bits per heavy atom. The molecule has 0 aromatic heterocycles. The second-order valence-corrected chi connectivity index (χ2v) is 7.53. The summed E-state index contributed by atoms with van der Waals surface area (Å²) in [7, 11) is 3.72. The van der Waals surface area contributed by atoms with E-state index in [1.54, 1.807) is 18.2 Å². The molecule has 1 aliphatic heterocycles. The molecule has 2 aromatic rings. The Balaban J connectivity index is 1.72. The van der Waals surface area contributed by atoms with Gasteiger partial charge >= 0.3 is 0 Å². The van der Waals surface area contributed by atoms with Crippen molar-refractivity contribution in [3.8, 4) is 0 Å². The number of benzene rings is 2. The molecule has 1 atom stereocenters. The highest BCUT2D eigenvalue weighted by molar-refractivity contribution is 8.01. The van der Waals surface area contributed by atoms with E-state index in [-0.39, 0.29) is 18.2 Å². The van der Waals surface area contributed by atoms with Crippen LogP contribution < -0.4 is 15.5 Å². The van der Waals surface area contributed by atoms with Gasteiger partial charge in [0.2, 0.25) is 11.8 Å². The summed E-state index contributed by atoms with van der Waals surface area (Å²) in [5.41, 5.74) is 2.16. The second-order valence-electron chi connectivity index (χ2n) is 5.87. The number of nitrogens with zero attached hydrogens (tertiary/aromatic N) is 1. The fourth-order valence-corrected chi connectivity index (χ4v) is 4.12. The molecule has 2 amide bonds. The third-order valence-electron chi connectivity index (χ3n) is 3.79. The van der Waals surface area contributed by atoms with Gasteiger partial charge in [-0.25, -0.2) is 0 Å². The predicted octanol–water partition coefficient (Wildman–Crippen LogP) is 3.85. The van der Waals surface area contributed by atoms with Crippen LogP contribution in [0.1, 0.15) is 6.42 Å². The SMILES string of the molecule is CN(C)c1c(Cl)cccc1NC(=O)CC1Sc2ccccc2NC1=O. The molecule has 0 bridgehead atoms. The molecule has 25 heavy (non-hydrogen) atoms. The van der Waals surface area contributed by atoms with Crippen LogP contribution in [0.15, 0.2) is 47.4 Å². The molecular formula is C18H18ClN3O2S. The lowest BCUT2D eigenvalue weighted by Gasteiger charge is -2.24. The lowest BCUT2D eigenvalue weighted by Crippen LogP contribution is -2.32. The number of thioether (sulfide) groups is 1. The molecule has 0 spiro atoms. The quantitative estimate of drug-likeness (QED) is 0.852. The maximum atomic E-state index is 12.5. The third-order valence-corrected chi connectivity index (χ3v) is 5.37. The van der Waals surface area contributed by atoms with Crippen LogP contribution in [0, 0.1) is 0 Å². The van der Waals surface area contributed by atoms with E-state index in [0.717, 1.165) is 16.3 Å². The monoisotopic (exact) mass is 375 g/mol. The number of hydrogen-bond acceptors (Lipinski definition) is 4. The van der Waals surface area contributed by atoms with Gasteiger partial charge in [0.05, 0.1) is 27.3 Å². The first-order valence-corrected chi connectivity index (χ1v) is 9.03. The molecule has 0 aliphatic carbocycles. The van der Waals surface area contributed by atoms with Crippen molar-refractivity contribution in [1.29, 1.82) is 0 Å². The van der Waals surface area contributed by atoms with Crippen LogP contribution >= 0.6 is 23.4 Å². The lowest BCUT2D eigenvalue weighted by atomic mass is 10.2. The number of nitrogens with one attached hydrogen (secondary N) is 2. The summed E-state index contributed by atoms with van der Waals surface area (Å²) >= 11 is 7.63. The van der Waals surface area contributed by atoms with E-state index in [9.17, 15) is 9.59 Å². The minimum Gasteiger partial charge on any atom is -0.375 e. The number of fused-ring (bicyclic) bond motifs is 1. The zero-order valence-electron chi connectivity index (χ0n) is 13.9. The summed E-state index contributed by atoms with van der Waals surface area (Å²) in [5.74, 6) is -0.379. The normalized spacial score (nSPS) is 16.0. The zero-order chi connectivity index (χ0) is 18.0. The van der Waals surface area contributed by atoms with Gasteiger partial charge in [0, 0.05) is 25.4 Å². The molecule has 2 N–H and O–H groups in total. The number of carbonyl (C=O) groups is 2. The van der Waals surface area contributed by atoms with E-state index in [2.05, 4.69) is 10.6 Å². The van der Waals surface area contributed by atoms with Crippen LogP contribution in [0.4, 0.5) is 17.1 Å². The molecule has 0 saturated heterocycles. The Labute approximate surface area is 155 Å². The summed E-state index contributed by atoms with van der Waals surface area (Å²) in [6.45, 7) is 0. The highest BCUT2D eigenvalue weighted by Gasteiger charge is 2.29. The Morgan fingerprint density at radius 2 is 2.00 bits per heavy atom. The maximum absolute atomic E-state index is 12.5.